The molecule has 2 aromatic rings. The van der Waals surface area contributed by atoms with Crippen LogP contribution in [-0.4, -0.2) is 30.4 Å². The van der Waals surface area contributed by atoms with E-state index >= 15 is 0 Å². The van der Waals surface area contributed by atoms with E-state index < -0.39 is 5.97 Å². The lowest BCUT2D eigenvalue weighted by Crippen LogP contribution is -2.29. The van der Waals surface area contributed by atoms with Crippen LogP contribution in [0.1, 0.15) is 11.1 Å². The highest BCUT2D eigenvalue weighted by Crippen LogP contribution is 2.20. The Bertz CT molecular complexity index is 785. The molecule has 0 aliphatic rings. The molecule has 26 heavy (non-hydrogen) atoms. The maximum atomic E-state index is 12.5. The van der Waals surface area contributed by atoms with E-state index in [9.17, 15) is 9.59 Å². The third-order valence-corrected chi connectivity index (χ3v) is 4.41. The second-order valence-electron chi connectivity index (χ2n) is 5.48. The summed E-state index contributed by atoms with van der Waals surface area (Å²) in [4.78, 5) is 25.4. The number of amides is 1. The van der Waals surface area contributed by atoms with Gasteiger partial charge in [-0.2, -0.15) is 0 Å². The van der Waals surface area contributed by atoms with Crippen LogP contribution in [0, 0.1) is 0 Å². The molecule has 0 aliphatic heterocycles. The predicted octanol–water partition coefficient (Wildman–Crippen LogP) is 4.18. The van der Waals surface area contributed by atoms with Crippen molar-refractivity contribution in [3.8, 4) is 0 Å². The average molecular weight is 414 g/mol. The topological polar surface area (TPSA) is 46.6 Å². The van der Waals surface area contributed by atoms with Crippen LogP contribution in [0.4, 0.5) is 0 Å². The van der Waals surface area contributed by atoms with Crippen molar-refractivity contribution in [2.45, 2.75) is 6.54 Å². The number of benzene rings is 2. The molecule has 0 atom stereocenters. The summed E-state index contributed by atoms with van der Waals surface area (Å²) in [6, 6.07) is 19.5. The van der Waals surface area contributed by atoms with E-state index in [4.69, 9.17) is 0 Å². The van der Waals surface area contributed by atoms with Crippen molar-refractivity contribution in [3.05, 3.63) is 90.0 Å². The van der Waals surface area contributed by atoms with Crippen LogP contribution in [0.3, 0.4) is 0 Å². The number of rotatable bonds is 7. The number of hydrogen-bond donors (Lipinski definition) is 0. The van der Waals surface area contributed by atoms with Crippen LogP contribution in [0.25, 0.3) is 4.48 Å². The Kier molecular flexibility index (Phi) is 7.83. The van der Waals surface area contributed by atoms with Gasteiger partial charge in [-0.1, -0.05) is 82.7 Å². The van der Waals surface area contributed by atoms with E-state index in [2.05, 4.69) is 20.7 Å². The molecule has 2 aromatic carbocycles. The molecule has 0 bridgehead atoms. The van der Waals surface area contributed by atoms with Crippen molar-refractivity contribution in [1.29, 1.82) is 0 Å². The first-order valence-corrected chi connectivity index (χ1v) is 8.89. The van der Waals surface area contributed by atoms with E-state index in [0.29, 0.717) is 13.1 Å². The summed E-state index contributed by atoms with van der Waals surface area (Å²) in [5.74, 6) is -0.817. The van der Waals surface area contributed by atoms with Crippen molar-refractivity contribution in [2.24, 2.45) is 0 Å². The molecule has 0 heterocycles. The normalized spacial score (nSPS) is 11.4. The molecule has 0 aliphatic carbocycles. The van der Waals surface area contributed by atoms with Gasteiger partial charge in [0.2, 0.25) is 5.91 Å². The lowest BCUT2D eigenvalue weighted by atomic mass is 10.2. The van der Waals surface area contributed by atoms with Gasteiger partial charge in [0.25, 0.3) is 0 Å². The predicted molar refractivity (Wildman–Crippen MR) is 106 cm³/mol. The number of methoxy groups -OCH3 is 1. The Balaban J connectivity index is 2.15. The molecule has 0 saturated carbocycles. The Morgan fingerprint density at radius 2 is 1.62 bits per heavy atom. The second-order valence-corrected chi connectivity index (χ2v) is 6.33. The van der Waals surface area contributed by atoms with Crippen LogP contribution in [-0.2, 0) is 20.9 Å². The minimum Gasteiger partial charge on any atom is -0.466 e. The smallest absolute Gasteiger partial charge is 0.330 e. The van der Waals surface area contributed by atoms with Gasteiger partial charge in [0, 0.05) is 29.7 Å². The Labute approximate surface area is 161 Å². The van der Waals surface area contributed by atoms with Gasteiger partial charge in [0.1, 0.15) is 0 Å². The summed E-state index contributed by atoms with van der Waals surface area (Å²) in [6.45, 7) is 0.839. The number of hydrogen-bond acceptors (Lipinski definition) is 3. The summed E-state index contributed by atoms with van der Waals surface area (Å²) in [7, 11) is 1.28. The molecular weight excluding hydrogens is 394 g/mol. The summed E-state index contributed by atoms with van der Waals surface area (Å²) in [6.07, 6.45) is 4.30. The number of halogens is 1. The number of ether oxygens (including phenoxy) is 1. The van der Waals surface area contributed by atoms with Gasteiger partial charge in [-0.3, -0.25) is 4.79 Å². The largest absolute Gasteiger partial charge is 0.466 e. The van der Waals surface area contributed by atoms with Crippen LogP contribution in [0.2, 0.25) is 0 Å². The molecule has 2 rings (SSSR count). The quantitative estimate of drug-likeness (QED) is 0.505. The molecule has 0 spiro atoms. The van der Waals surface area contributed by atoms with Crippen molar-refractivity contribution in [2.75, 3.05) is 13.7 Å². The van der Waals surface area contributed by atoms with Crippen LogP contribution < -0.4 is 0 Å². The molecule has 5 heteroatoms. The molecule has 0 unspecified atom stereocenters. The Morgan fingerprint density at radius 1 is 1.00 bits per heavy atom. The standard InChI is InChI=1S/C21H20BrNO3/c1-26-21(25)13-12-20(24)23(16-17-8-4-2-5-9-17)15-14-19(22)18-10-6-3-7-11-18/h2-14H,15-16H2,1H3/b13-12+,19-14-. The van der Waals surface area contributed by atoms with Gasteiger partial charge in [0.15, 0.2) is 0 Å². The summed E-state index contributed by atoms with van der Waals surface area (Å²) >= 11 is 3.55. The van der Waals surface area contributed by atoms with Gasteiger partial charge in [-0.25, -0.2) is 4.79 Å². The highest BCUT2D eigenvalue weighted by Gasteiger charge is 2.11. The van der Waals surface area contributed by atoms with Gasteiger partial charge in [0.05, 0.1) is 7.11 Å². The van der Waals surface area contributed by atoms with Crippen molar-refractivity contribution < 1.29 is 14.3 Å². The molecule has 0 fully saturated rings. The molecule has 0 radical (unpaired) electrons. The summed E-state index contributed by atoms with van der Waals surface area (Å²) in [5.41, 5.74) is 2.04. The van der Waals surface area contributed by atoms with Crippen LogP contribution >= 0.6 is 15.9 Å². The number of nitrogens with zero attached hydrogens (tertiary/aromatic N) is 1. The zero-order valence-corrected chi connectivity index (χ0v) is 16.1. The lowest BCUT2D eigenvalue weighted by molar-refractivity contribution is -0.135. The molecule has 4 nitrogen and oxygen atoms in total. The monoisotopic (exact) mass is 413 g/mol. The SMILES string of the molecule is COC(=O)/C=C/C(=O)N(C/C=C(\Br)c1ccccc1)Cc1ccccc1. The fraction of sp³-hybridized carbons (Fsp3) is 0.143. The van der Waals surface area contributed by atoms with E-state index in [-0.39, 0.29) is 5.91 Å². The molecule has 1 amide bonds. The van der Waals surface area contributed by atoms with Gasteiger partial charge >= 0.3 is 5.97 Å². The van der Waals surface area contributed by atoms with Crippen LogP contribution in [0.15, 0.2) is 78.9 Å². The van der Waals surface area contributed by atoms with Gasteiger partial charge in [-0.15, -0.1) is 0 Å². The van der Waals surface area contributed by atoms with Crippen molar-refractivity contribution >= 4 is 32.3 Å². The zero-order chi connectivity index (χ0) is 18.8. The number of carbonyl (C=O) groups excluding carboxylic acids is 2. The van der Waals surface area contributed by atoms with Gasteiger partial charge < -0.3 is 9.64 Å². The molecular formula is C21H20BrNO3. The molecule has 0 N–H and O–H groups in total. The first-order valence-electron chi connectivity index (χ1n) is 8.10. The average Bonchev–Trinajstić information content (AvgIpc) is 2.70. The Hall–Kier alpha value is -2.66. The number of carbonyl (C=O) groups is 2. The van der Waals surface area contributed by atoms with E-state index in [0.717, 1.165) is 21.7 Å². The minimum atomic E-state index is -0.556. The maximum Gasteiger partial charge on any atom is 0.330 e. The third kappa shape index (κ3) is 6.33. The molecule has 134 valence electrons. The maximum absolute atomic E-state index is 12.5. The lowest BCUT2D eigenvalue weighted by Gasteiger charge is -2.20. The summed E-state index contributed by atoms with van der Waals surface area (Å²) in [5, 5.41) is 0. The highest BCUT2D eigenvalue weighted by atomic mass is 79.9. The minimum absolute atomic E-state index is 0.260. The third-order valence-electron chi connectivity index (χ3n) is 3.63. The summed E-state index contributed by atoms with van der Waals surface area (Å²) < 4.78 is 5.44. The van der Waals surface area contributed by atoms with Gasteiger partial charge in [-0.05, 0) is 11.1 Å². The molecule has 0 saturated heterocycles. The fourth-order valence-electron chi connectivity index (χ4n) is 2.25. The van der Waals surface area contributed by atoms with Crippen molar-refractivity contribution in [3.63, 3.8) is 0 Å². The fourth-order valence-corrected chi connectivity index (χ4v) is 2.66. The first-order chi connectivity index (χ1) is 12.6. The highest BCUT2D eigenvalue weighted by molar-refractivity contribution is 9.15. The first kappa shape index (κ1) is 19.7. The second kappa shape index (κ2) is 10.4. The van der Waals surface area contributed by atoms with E-state index in [1.165, 1.54) is 13.2 Å². The van der Waals surface area contributed by atoms with E-state index in [1.807, 2.05) is 66.7 Å². The number of esters is 1. The zero-order valence-electron chi connectivity index (χ0n) is 14.5. The van der Waals surface area contributed by atoms with E-state index in [1.54, 1.807) is 4.90 Å². The van der Waals surface area contributed by atoms with Crippen molar-refractivity contribution in [1.82, 2.24) is 4.90 Å². The molecule has 0 aromatic heterocycles. The van der Waals surface area contributed by atoms with Crippen LogP contribution in [0.5, 0.6) is 0 Å². The Morgan fingerprint density at radius 3 is 2.23 bits per heavy atom.